The summed E-state index contributed by atoms with van der Waals surface area (Å²) in [6, 6.07) is 1.76. The molecule has 2 saturated heterocycles. The number of carbonyl (C=O) groups is 2. The third-order valence-corrected chi connectivity index (χ3v) is 5.29. The first-order valence-electron chi connectivity index (χ1n) is 8.76. The zero-order chi connectivity index (χ0) is 18.7. The third-order valence-electron chi connectivity index (χ3n) is 5.29. The van der Waals surface area contributed by atoms with Gasteiger partial charge >= 0.3 is 0 Å². The van der Waals surface area contributed by atoms with Crippen LogP contribution in [0, 0.1) is 5.41 Å². The van der Waals surface area contributed by atoms with Crippen LogP contribution in [0.1, 0.15) is 10.5 Å². The van der Waals surface area contributed by atoms with Crippen LogP contribution in [0.4, 0.5) is 0 Å². The molecule has 1 aromatic heterocycles. The monoisotopic (exact) mass is 365 g/mol. The molecule has 2 aliphatic heterocycles. The topological polar surface area (TPSA) is 91.0 Å². The number of amides is 2. The Hall–Kier alpha value is -1.97. The number of nitrogens with zero attached hydrogens (tertiary/aromatic N) is 4. The maximum absolute atomic E-state index is 12.8. The highest BCUT2D eigenvalue weighted by molar-refractivity contribution is 5.92. The van der Waals surface area contributed by atoms with Crippen molar-refractivity contribution in [3.05, 3.63) is 18.0 Å². The Morgan fingerprint density at radius 1 is 1.50 bits per heavy atom. The van der Waals surface area contributed by atoms with Crippen molar-refractivity contribution in [1.29, 1.82) is 0 Å². The van der Waals surface area contributed by atoms with Gasteiger partial charge in [0, 0.05) is 50.9 Å². The van der Waals surface area contributed by atoms with Gasteiger partial charge in [0.2, 0.25) is 5.91 Å². The summed E-state index contributed by atoms with van der Waals surface area (Å²) < 4.78 is 10.9. The number of hydrogen-bond donors (Lipinski definition) is 1. The number of ether oxygens (including phenoxy) is 2. The lowest BCUT2D eigenvalue weighted by Crippen LogP contribution is -2.52. The molecule has 9 heteroatoms. The molecule has 0 aromatic carbocycles. The summed E-state index contributed by atoms with van der Waals surface area (Å²) in [7, 11) is 5.63. The van der Waals surface area contributed by atoms with Gasteiger partial charge in [-0.1, -0.05) is 0 Å². The van der Waals surface area contributed by atoms with Crippen LogP contribution in [-0.2, 0) is 14.3 Å². The Bertz CT molecular complexity index is 635. The predicted octanol–water partition coefficient (Wildman–Crippen LogP) is -0.713. The molecule has 2 fully saturated rings. The van der Waals surface area contributed by atoms with Crippen LogP contribution in [-0.4, -0.2) is 110 Å². The van der Waals surface area contributed by atoms with Gasteiger partial charge in [-0.05, 0) is 20.2 Å². The lowest BCUT2D eigenvalue weighted by atomic mass is 9.82. The molecule has 9 nitrogen and oxygen atoms in total. The highest BCUT2D eigenvalue weighted by atomic mass is 16.5. The molecule has 2 aliphatic rings. The SMILES string of the molecule is COCCN1C[C@]2(COCC1=O)CN(C(=O)c1ccn[nH]1)C[C@H]2N(C)C. The lowest BCUT2D eigenvalue weighted by Gasteiger charge is -2.38. The number of rotatable bonds is 5. The van der Waals surface area contributed by atoms with Crippen molar-refractivity contribution in [3.8, 4) is 0 Å². The summed E-state index contributed by atoms with van der Waals surface area (Å²) >= 11 is 0. The molecule has 2 atom stereocenters. The van der Waals surface area contributed by atoms with Gasteiger partial charge in [0.1, 0.15) is 12.3 Å². The van der Waals surface area contributed by atoms with Crippen LogP contribution >= 0.6 is 0 Å². The first-order chi connectivity index (χ1) is 12.5. The summed E-state index contributed by atoms with van der Waals surface area (Å²) in [5.41, 5.74) is 0.139. The largest absolute Gasteiger partial charge is 0.383 e. The van der Waals surface area contributed by atoms with E-state index in [-0.39, 0.29) is 29.9 Å². The van der Waals surface area contributed by atoms with Crippen molar-refractivity contribution in [2.45, 2.75) is 6.04 Å². The van der Waals surface area contributed by atoms with E-state index in [0.717, 1.165) is 0 Å². The molecule has 0 unspecified atom stereocenters. The first-order valence-corrected chi connectivity index (χ1v) is 8.76. The fourth-order valence-electron chi connectivity index (χ4n) is 4.01. The third kappa shape index (κ3) is 3.60. The highest BCUT2D eigenvalue weighted by Crippen LogP contribution is 2.37. The lowest BCUT2D eigenvalue weighted by molar-refractivity contribution is -0.134. The van der Waals surface area contributed by atoms with Crippen molar-refractivity contribution in [1.82, 2.24) is 24.9 Å². The van der Waals surface area contributed by atoms with Gasteiger partial charge in [0.15, 0.2) is 0 Å². The van der Waals surface area contributed by atoms with Crippen LogP contribution in [0.25, 0.3) is 0 Å². The smallest absolute Gasteiger partial charge is 0.271 e. The minimum atomic E-state index is -0.334. The van der Waals surface area contributed by atoms with Gasteiger partial charge in [-0.2, -0.15) is 5.10 Å². The van der Waals surface area contributed by atoms with E-state index in [4.69, 9.17) is 9.47 Å². The number of aromatic amines is 1. The highest BCUT2D eigenvalue weighted by Gasteiger charge is 2.52. The number of likely N-dealkylation sites (tertiary alicyclic amines) is 1. The Balaban J connectivity index is 1.84. The van der Waals surface area contributed by atoms with E-state index >= 15 is 0 Å². The molecule has 0 aliphatic carbocycles. The fourth-order valence-corrected chi connectivity index (χ4v) is 4.01. The molecular weight excluding hydrogens is 338 g/mol. The number of nitrogens with one attached hydrogen (secondary N) is 1. The number of hydrogen-bond acceptors (Lipinski definition) is 6. The molecule has 26 heavy (non-hydrogen) atoms. The average molecular weight is 365 g/mol. The van der Waals surface area contributed by atoms with Crippen LogP contribution < -0.4 is 0 Å². The molecule has 1 aromatic rings. The zero-order valence-corrected chi connectivity index (χ0v) is 15.6. The fraction of sp³-hybridized carbons (Fsp3) is 0.706. The normalized spacial score (nSPS) is 26.8. The number of H-pyrrole nitrogens is 1. The Morgan fingerprint density at radius 2 is 2.31 bits per heavy atom. The van der Waals surface area contributed by atoms with E-state index in [0.29, 0.717) is 45.1 Å². The second-order valence-electron chi connectivity index (χ2n) is 7.30. The van der Waals surface area contributed by atoms with E-state index < -0.39 is 0 Å². The van der Waals surface area contributed by atoms with Crippen LogP contribution in [0.5, 0.6) is 0 Å². The molecule has 2 amide bonds. The Kier molecular flexibility index (Phi) is 5.59. The van der Waals surface area contributed by atoms with Crippen molar-refractivity contribution < 1.29 is 19.1 Å². The Labute approximate surface area is 153 Å². The number of likely N-dealkylation sites (N-methyl/N-ethyl adjacent to an activating group) is 1. The predicted molar refractivity (Wildman–Crippen MR) is 93.7 cm³/mol. The molecule has 1 spiro atoms. The Morgan fingerprint density at radius 3 is 2.96 bits per heavy atom. The second-order valence-corrected chi connectivity index (χ2v) is 7.30. The van der Waals surface area contributed by atoms with E-state index in [1.54, 1.807) is 24.3 Å². The maximum atomic E-state index is 12.8. The second kappa shape index (κ2) is 7.73. The molecule has 0 saturated carbocycles. The van der Waals surface area contributed by atoms with Crippen LogP contribution in [0.15, 0.2) is 12.3 Å². The molecular formula is C17H27N5O4. The van der Waals surface area contributed by atoms with E-state index in [1.807, 2.05) is 19.0 Å². The van der Waals surface area contributed by atoms with Gasteiger partial charge in [-0.25, -0.2) is 0 Å². The van der Waals surface area contributed by atoms with Crippen molar-refractivity contribution in [2.75, 3.05) is 67.2 Å². The van der Waals surface area contributed by atoms with E-state index in [9.17, 15) is 9.59 Å². The number of methoxy groups -OCH3 is 1. The number of aromatic nitrogens is 2. The van der Waals surface area contributed by atoms with Gasteiger partial charge in [-0.3, -0.25) is 14.7 Å². The molecule has 0 radical (unpaired) electrons. The van der Waals surface area contributed by atoms with Gasteiger partial charge < -0.3 is 24.2 Å². The minimum absolute atomic E-state index is 0.0326. The van der Waals surface area contributed by atoms with Gasteiger partial charge in [0.05, 0.1) is 13.2 Å². The summed E-state index contributed by atoms with van der Waals surface area (Å²) in [6.07, 6.45) is 1.57. The summed E-state index contributed by atoms with van der Waals surface area (Å²) in [5, 5.41) is 6.61. The van der Waals surface area contributed by atoms with E-state index in [1.165, 1.54) is 0 Å². The molecule has 144 valence electrons. The minimum Gasteiger partial charge on any atom is -0.383 e. The maximum Gasteiger partial charge on any atom is 0.271 e. The number of carbonyl (C=O) groups excluding carboxylic acids is 2. The van der Waals surface area contributed by atoms with Gasteiger partial charge in [0.25, 0.3) is 5.91 Å². The van der Waals surface area contributed by atoms with Crippen LogP contribution in [0.2, 0.25) is 0 Å². The standard InChI is InChI=1S/C17H27N5O4/c1-20(2)14-8-22(16(24)13-4-5-18-19-13)11-17(14)10-21(6-7-25-3)15(23)9-26-12-17/h4-5,14H,6-12H2,1-3H3,(H,18,19)/t14-,17-/m1/s1. The van der Waals surface area contributed by atoms with Gasteiger partial charge in [-0.15, -0.1) is 0 Å². The molecule has 3 heterocycles. The summed E-state index contributed by atoms with van der Waals surface area (Å²) in [4.78, 5) is 30.9. The quantitative estimate of drug-likeness (QED) is 0.741. The first kappa shape index (κ1) is 18.8. The zero-order valence-electron chi connectivity index (χ0n) is 15.6. The van der Waals surface area contributed by atoms with Crippen molar-refractivity contribution in [3.63, 3.8) is 0 Å². The summed E-state index contributed by atoms with van der Waals surface area (Å²) in [5.74, 6) is -0.111. The van der Waals surface area contributed by atoms with Crippen LogP contribution in [0.3, 0.4) is 0 Å². The van der Waals surface area contributed by atoms with E-state index in [2.05, 4.69) is 15.1 Å². The molecule has 0 bridgehead atoms. The van der Waals surface area contributed by atoms with Crippen molar-refractivity contribution in [2.24, 2.45) is 5.41 Å². The van der Waals surface area contributed by atoms with Crippen molar-refractivity contribution >= 4 is 11.8 Å². The molecule has 3 rings (SSSR count). The molecule has 1 N–H and O–H groups in total. The average Bonchev–Trinajstić information content (AvgIpc) is 3.23. The summed E-state index contributed by atoms with van der Waals surface area (Å²) in [6.45, 7) is 3.17.